The second-order valence-corrected chi connectivity index (χ2v) is 7.01. The van der Waals surface area contributed by atoms with E-state index < -0.39 is 11.7 Å². The van der Waals surface area contributed by atoms with E-state index in [-0.39, 0.29) is 11.5 Å². The molecular formula is C23H27N3O3. The van der Waals surface area contributed by atoms with E-state index in [4.69, 9.17) is 0 Å². The first-order valence-corrected chi connectivity index (χ1v) is 10.2. The highest BCUT2D eigenvalue weighted by Gasteiger charge is 2.25. The van der Waals surface area contributed by atoms with E-state index in [0.717, 1.165) is 12.0 Å². The number of benzene rings is 2. The quantitative estimate of drug-likeness (QED) is 0.670. The summed E-state index contributed by atoms with van der Waals surface area (Å²) in [5, 5.41) is 3.30. The maximum atomic E-state index is 13.6. The summed E-state index contributed by atoms with van der Waals surface area (Å²) in [5.74, 6) is -0.212. The van der Waals surface area contributed by atoms with Crippen molar-refractivity contribution < 1.29 is 4.79 Å². The molecule has 0 saturated carbocycles. The summed E-state index contributed by atoms with van der Waals surface area (Å²) in [6.07, 6.45) is 1.93. The second-order valence-electron chi connectivity index (χ2n) is 7.01. The van der Waals surface area contributed by atoms with E-state index in [1.54, 1.807) is 30.3 Å². The van der Waals surface area contributed by atoms with Gasteiger partial charge in [0.1, 0.15) is 6.04 Å². The van der Waals surface area contributed by atoms with Gasteiger partial charge >= 0.3 is 5.69 Å². The standard InChI is InChI=1S/C23H27N3O3/c1-4-15-24-21(27)18(6-3)25-20-14-10-8-12-17(20)22(28)26(23(25)29)19-13-9-7-11-16(19)5-2/h7-14,18H,4-6,15H2,1-3H3,(H,24,27)/t18-/m0/s1. The highest BCUT2D eigenvalue weighted by molar-refractivity contribution is 5.84. The number of nitrogens with zero attached hydrogens (tertiary/aromatic N) is 2. The average Bonchev–Trinajstić information content (AvgIpc) is 2.75. The lowest BCUT2D eigenvalue weighted by molar-refractivity contribution is -0.124. The van der Waals surface area contributed by atoms with Gasteiger partial charge < -0.3 is 5.32 Å². The molecule has 6 nitrogen and oxygen atoms in total. The van der Waals surface area contributed by atoms with Crippen molar-refractivity contribution in [2.24, 2.45) is 0 Å². The Kier molecular flexibility index (Phi) is 6.32. The number of carbonyl (C=O) groups is 1. The van der Waals surface area contributed by atoms with Crippen LogP contribution in [-0.4, -0.2) is 21.6 Å². The highest BCUT2D eigenvalue weighted by Crippen LogP contribution is 2.19. The molecule has 152 valence electrons. The summed E-state index contributed by atoms with van der Waals surface area (Å²) in [6, 6.07) is 13.7. The Balaban J connectivity index is 2.37. The summed E-state index contributed by atoms with van der Waals surface area (Å²) in [7, 11) is 0. The van der Waals surface area contributed by atoms with Crippen molar-refractivity contribution in [2.45, 2.75) is 46.1 Å². The van der Waals surface area contributed by atoms with Gasteiger partial charge in [-0.05, 0) is 43.0 Å². The molecule has 0 aliphatic rings. The van der Waals surface area contributed by atoms with Gasteiger partial charge in [-0.1, -0.05) is 51.1 Å². The molecule has 0 spiro atoms. The number of carbonyl (C=O) groups excluding carboxylic acids is 1. The molecule has 0 aliphatic carbocycles. The number of hydrogen-bond acceptors (Lipinski definition) is 3. The van der Waals surface area contributed by atoms with Gasteiger partial charge in [0.05, 0.1) is 16.6 Å². The van der Waals surface area contributed by atoms with Gasteiger partial charge in [-0.3, -0.25) is 14.2 Å². The second kappa shape index (κ2) is 8.90. The van der Waals surface area contributed by atoms with Crippen LogP contribution in [0.3, 0.4) is 0 Å². The molecule has 0 fully saturated rings. The zero-order chi connectivity index (χ0) is 21.0. The molecule has 1 amide bonds. The normalized spacial score (nSPS) is 12.1. The van der Waals surface area contributed by atoms with Crippen molar-refractivity contribution in [3.63, 3.8) is 0 Å². The molecule has 1 aromatic heterocycles. The zero-order valence-electron chi connectivity index (χ0n) is 17.1. The number of hydrogen-bond donors (Lipinski definition) is 1. The topological polar surface area (TPSA) is 73.1 Å². The van der Waals surface area contributed by atoms with Crippen LogP contribution < -0.4 is 16.6 Å². The fourth-order valence-electron chi connectivity index (χ4n) is 3.68. The van der Waals surface area contributed by atoms with Crippen molar-refractivity contribution in [1.82, 2.24) is 14.5 Å². The molecule has 6 heteroatoms. The highest BCUT2D eigenvalue weighted by atomic mass is 16.2. The first-order chi connectivity index (χ1) is 14.0. The number of amides is 1. The summed E-state index contributed by atoms with van der Waals surface area (Å²) in [4.78, 5) is 39.7. The molecule has 1 N–H and O–H groups in total. The van der Waals surface area contributed by atoms with Crippen LogP contribution in [0.25, 0.3) is 16.6 Å². The predicted molar refractivity (Wildman–Crippen MR) is 116 cm³/mol. The smallest absolute Gasteiger partial charge is 0.336 e. The van der Waals surface area contributed by atoms with Gasteiger partial charge in [-0.15, -0.1) is 0 Å². The zero-order valence-corrected chi connectivity index (χ0v) is 17.1. The Hall–Kier alpha value is -3.15. The van der Waals surface area contributed by atoms with Gasteiger partial charge in [0.25, 0.3) is 5.56 Å². The Bertz CT molecular complexity index is 1140. The van der Waals surface area contributed by atoms with Crippen LogP contribution in [0.5, 0.6) is 0 Å². The van der Waals surface area contributed by atoms with E-state index in [2.05, 4.69) is 5.32 Å². The van der Waals surface area contributed by atoms with E-state index >= 15 is 0 Å². The molecule has 0 aliphatic heterocycles. The Labute approximate surface area is 169 Å². The van der Waals surface area contributed by atoms with Crippen LogP contribution in [-0.2, 0) is 11.2 Å². The van der Waals surface area contributed by atoms with Crippen molar-refractivity contribution in [3.05, 3.63) is 74.9 Å². The number of aromatic nitrogens is 2. The minimum atomic E-state index is -0.695. The van der Waals surface area contributed by atoms with Crippen LogP contribution in [0, 0.1) is 0 Å². The third-order valence-electron chi connectivity index (χ3n) is 5.16. The minimum absolute atomic E-state index is 0.212. The maximum absolute atomic E-state index is 13.6. The molecule has 2 aromatic carbocycles. The van der Waals surface area contributed by atoms with E-state index in [9.17, 15) is 14.4 Å². The van der Waals surface area contributed by atoms with Gasteiger partial charge in [-0.2, -0.15) is 0 Å². The number of para-hydroxylation sites is 2. The summed E-state index contributed by atoms with van der Waals surface area (Å²) in [6.45, 7) is 6.37. The van der Waals surface area contributed by atoms with Gasteiger partial charge in [0.2, 0.25) is 5.91 Å². The van der Waals surface area contributed by atoms with E-state index in [1.807, 2.05) is 39.0 Å². The van der Waals surface area contributed by atoms with Crippen molar-refractivity contribution in [2.75, 3.05) is 6.54 Å². The number of rotatable bonds is 7. The SMILES string of the molecule is CCCNC(=O)[C@H](CC)n1c(=O)n(-c2ccccc2CC)c(=O)c2ccccc21. The van der Waals surface area contributed by atoms with E-state index in [1.165, 1.54) is 9.13 Å². The van der Waals surface area contributed by atoms with Crippen molar-refractivity contribution in [3.8, 4) is 5.69 Å². The van der Waals surface area contributed by atoms with Crippen LogP contribution in [0.4, 0.5) is 0 Å². The molecule has 0 bridgehead atoms. The van der Waals surface area contributed by atoms with Gasteiger partial charge in [0.15, 0.2) is 0 Å². The molecule has 29 heavy (non-hydrogen) atoms. The van der Waals surface area contributed by atoms with Crippen LogP contribution >= 0.6 is 0 Å². The van der Waals surface area contributed by atoms with Crippen LogP contribution in [0.1, 0.15) is 45.2 Å². The lowest BCUT2D eigenvalue weighted by atomic mass is 10.1. The number of fused-ring (bicyclic) bond motifs is 1. The lowest BCUT2D eigenvalue weighted by Crippen LogP contribution is -2.44. The molecule has 0 unspecified atom stereocenters. The average molecular weight is 393 g/mol. The summed E-state index contributed by atoms with van der Waals surface area (Å²) in [5.41, 5.74) is 1.08. The lowest BCUT2D eigenvalue weighted by Gasteiger charge is -2.22. The molecular weight excluding hydrogens is 366 g/mol. The van der Waals surface area contributed by atoms with Gasteiger partial charge in [-0.25, -0.2) is 9.36 Å². The fourth-order valence-corrected chi connectivity index (χ4v) is 3.68. The maximum Gasteiger partial charge on any atom is 0.336 e. The Morgan fingerprint density at radius 1 is 1.00 bits per heavy atom. The first-order valence-electron chi connectivity index (χ1n) is 10.2. The Morgan fingerprint density at radius 3 is 2.38 bits per heavy atom. The predicted octanol–water partition coefficient (Wildman–Crippen LogP) is 3.19. The fraction of sp³-hybridized carbons (Fsp3) is 0.348. The monoisotopic (exact) mass is 393 g/mol. The largest absolute Gasteiger partial charge is 0.354 e. The molecule has 0 radical (unpaired) electrons. The summed E-state index contributed by atoms with van der Waals surface area (Å²) < 4.78 is 2.67. The molecule has 3 rings (SSSR count). The van der Waals surface area contributed by atoms with Crippen molar-refractivity contribution in [1.29, 1.82) is 0 Å². The third-order valence-corrected chi connectivity index (χ3v) is 5.16. The third kappa shape index (κ3) is 3.75. The number of aryl methyl sites for hydroxylation is 1. The van der Waals surface area contributed by atoms with Gasteiger partial charge in [0, 0.05) is 6.54 Å². The Morgan fingerprint density at radius 2 is 1.69 bits per heavy atom. The molecule has 3 aromatic rings. The first kappa shape index (κ1) is 20.6. The molecule has 1 heterocycles. The van der Waals surface area contributed by atoms with Crippen LogP contribution in [0.2, 0.25) is 0 Å². The van der Waals surface area contributed by atoms with Crippen LogP contribution in [0.15, 0.2) is 58.1 Å². The molecule has 0 saturated heterocycles. The van der Waals surface area contributed by atoms with Crippen molar-refractivity contribution >= 4 is 16.8 Å². The molecule has 1 atom stereocenters. The van der Waals surface area contributed by atoms with E-state index in [0.29, 0.717) is 36.0 Å². The summed E-state index contributed by atoms with van der Waals surface area (Å²) >= 11 is 0. The minimum Gasteiger partial charge on any atom is -0.354 e. The number of nitrogens with one attached hydrogen (secondary N) is 1.